The number of carbonyl (C=O) groups excluding carboxylic acids is 1. The molecule has 3 rings (SSSR count). The zero-order valence-electron chi connectivity index (χ0n) is 12.0. The molecule has 2 aromatic rings. The number of nitrogens with two attached hydrogens (primary N) is 1. The molecule has 0 radical (unpaired) electrons. The van der Waals surface area contributed by atoms with E-state index in [1.54, 1.807) is 4.90 Å². The summed E-state index contributed by atoms with van der Waals surface area (Å²) < 4.78 is 0. The van der Waals surface area contributed by atoms with Crippen molar-refractivity contribution in [2.45, 2.75) is 25.9 Å². The van der Waals surface area contributed by atoms with Crippen LogP contribution >= 0.6 is 11.6 Å². The second kappa shape index (κ2) is 5.17. The Kier molecular flexibility index (Phi) is 3.47. The lowest BCUT2D eigenvalue weighted by molar-refractivity contribution is -0.126. The highest BCUT2D eigenvalue weighted by Gasteiger charge is 2.46. The number of nitrogens with zero attached hydrogens (tertiary/aromatic N) is 1. The van der Waals surface area contributed by atoms with Gasteiger partial charge in [-0.1, -0.05) is 29.8 Å². The predicted octanol–water partition coefficient (Wildman–Crippen LogP) is 3.37. The van der Waals surface area contributed by atoms with E-state index in [2.05, 4.69) is 6.92 Å². The summed E-state index contributed by atoms with van der Waals surface area (Å²) in [6.07, 6.45) is 0. The highest BCUT2D eigenvalue weighted by atomic mass is 35.5. The Morgan fingerprint density at radius 2 is 1.86 bits per heavy atom. The molecule has 0 aromatic heterocycles. The molecule has 1 saturated heterocycles. The van der Waals surface area contributed by atoms with Gasteiger partial charge in [-0.3, -0.25) is 4.79 Å². The number of hydrogen-bond donors (Lipinski definition) is 1. The number of hydrogen-bond acceptors (Lipinski definition) is 2. The van der Waals surface area contributed by atoms with Gasteiger partial charge < -0.3 is 10.6 Å². The summed E-state index contributed by atoms with van der Waals surface area (Å²) in [6.45, 7) is 4.09. The number of carbonyl (C=O) groups is 1. The summed E-state index contributed by atoms with van der Waals surface area (Å²) >= 11 is 6.05. The summed E-state index contributed by atoms with van der Waals surface area (Å²) in [6, 6.07) is 12.9. The van der Waals surface area contributed by atoms with Crippen LogP contribution in [0.2, 0.25) is 5.02 Å². The number of benzene rings is 2. The predicted molar refractivity (Wildman–Crippen MR) is 85.6 cm³/mol. The Balaban J connectivity index is 2.00. The second-order valence-corrected chi connectivity index (χ2v) is 5.94. The maximum atomic E-state index is 12.2. The molecule has 1 heterocycles. The van der Waals surface area contributed by atoms with Crippen LogP contribution in [0.4, 0.5) is 5.69 Å². The SMILES string of the molecule is Cc1ccc(N2C(=O)[C@@H](N)[C@@H]2c2cccc(Cl)c2)cc1C. The molecule has 1 aliphatic rings. The van der Waals surface area contributed by atoms with Crippen molar-refractivity contribution in [3.8, 4) is 0 Å². The van der Waals surface area contributed by atoms with E-state index in [1.807, 2.05) is 49.4 Å². The van der Waals surface area contributed by atoms with Gasteiger partial charge in [0.15, 0.2) is 0 Å². The summed E-state index contributed by atoms with van der Waals surface area (Å²) in [4.78, 5) is 13.9. The molecule has 0 aliphatic carbocycles. The zero-order valence-corrected chi connectivity index (χ0v) is 12.8. The lowest BCUT2D eigenvalue weighted by Gasteiger charge is -2.45. The van der Waals surface area contributed by atoms with Gasteiger partial charge in [-0.15, -0.1) is 0 Å². The molecular formula is C17H17ClN2O. The van der Waals surface area contributed by atoms with Gasteiger partial charge in [-0.25, -0.2) is 0 Å². The first-order valence-electron chi connectivity index (χ1n) is 6.90. The van der Waals surface area contributed by atoms with Crippen molar-refractivity contribution in [3.63, 3.8) is 0 Å². The van der Waals surface area contributed by atoms with E-state index in [0.717, 1.165) is 16.8 Å². The van der Waals surface area contributed by atoms with Crippen molar-refractivity contribution in [1.29, 1.82) is 0 Å². The van der Waals surface area contributed by atoms with E-state index < -0.39 is 6.04 Å². The smallest absolute Gasteiger partial charge is 0.247 e. The fraction of sp³-hybridized carbons (Fsp3) is 0.235. The molecule has 0 bridgehead atoms. The van der Waals surface area contributed by atoms with Gasteiger partial charge in [0.05, 0.1) is 6.04 Å². The highest BCUT2D eigenvalue weighted by molar-refractivity contribution is 6.30. The lowest BCUT2D eigenvalue weighted by atomic mass is 9.88. The Labute approximate surface area is 129 Å². The number of anilines is 1. The minimum absolute atomic E-state index is 0.0526. The molecule has 21 heavy (non-hydrogen) atoms. The fourth-order valence-electron chi connectivity index (χ4n) is 2.72. The summed E-state index contributed by atoms with van der Waals surface area (Å²) in [7, 11) is 0. The number of aryl methyl sites for hydroxylation is 2. The fourth-order valence-corrected chi connectivity index (χ4v) is 2.92. The third-order valence-electron chi connectivity index (χ3n) is 4.10. The van der Waals surface area contributed by atoms with Gasteiger partial charge in [0.1, 0.15) is 6.04 Å². The van der Waals surface area contributed by atoms with Crippen molar-refractivity contribution in [2.24, 2.45) is 5.73 Å². The maximum Gasteiger partial charge on any atom is 0.247 e. The monoisotopic (exact) mass is 300 g/mol. The van der Waals surface area contributed by atoms with Crippen LogP contribution in [0, 0.1) is 13.8 Å². The molecule has 2 N–H and O–H groups in total. The molecular weight excluding hydrogens is 284 g/mol. The van der Waals surface area contributed by atoms with Gasteiger partial charge in [0.25, 0.3) is 0 Å². The Hall–Kier alpha value is -1.84. The van der Waals surface area contributed by atoms with Crippen LogP contribution in [0.1, 0.15) is 22.7 Å². The molecule has 3 nitrogen and oxygen atoms in total. The van der Waals surface area contributed by atoms with E-state index in [4.69, 9.17) is 17.3 Å². The van der Waals surface area contributed by atoms with Crippen LogP contribution in [0.25, 0.3) is 0 Å². The molecule has 1 aliphatic heterocycles. The van der Waals surface area contributed by atoms with Gasteiger partial charge in [0, 0.05) is 10.7 Å². The van der Waals surface area contributed by atoms with E-state index >= 15 is 0 Å². The molecule has 1 amide bonds. The topological polar surface area (TPSA) is 46.3 Å². The van der Waals surface area contributed by atoms with E-state index in [-0.39, 0.29) is 11.9 Å². The van der Waals surface area contributed by atoms with Gasteiger partial charge >= 0.3 is 0 Å². The van der Waals surface area contributed by atoms with Gasteiger partial charge in [-0.05, 0) is 54.8 Å². The van der Waals surface area contributed by atoms with Crippen LogP contribution in [-0.4, -0.2) is 11.9 Å². The molecule has 0 spiro atoms. The van der Waals surface area contributed by atoms with Crippen molar-refractivity contribution in [2.75, 3.05) is 4.90 Å². The summed E-state index contributed by atoms with van der Waals surface area (Å²) in [5, 5.41) is 0.652. The van der Waals surface area contributed by atoms with E-state index in [9.17, 15) is 4.79 Å². The summed E-state index contributed by atoms with van der Waals surface area (Å²) in [5.41, 5.74) is 10.2. The minimum atomic E-state index is -0.509. The van der Waals surface area contributed by atoms with E-state index in [1.165, 1.54) is 5.56 Å². The van der Waals surface area contributed by atoms with Crippen molar-refractivity contribution in [3.05, 3.63) is 64.2 Å². The summed E-state index contributed by atoms with van der Waals surface area (Å²) in [5.74, 6) is -0.0526. The average molecular weight is 301 g/mol. The molecule has 4 heteroatoms. The van der Waals surface area contributed by atoms with Crippen molar-refractivity contribution in [1.82, 2.24) is 0 Å². The largest absolute Gasteiger partial charge is 0.318 e. The third-order valence-corrected chi connectivity index (χ3v) is 4.33. The standard InChI is InChI=1S/C17H17ClN2O/c1-10-6-7-14(8-11(10)2)20-16(15(19)17(20)21)12-4-3-5-13(18)9-12/h3-9,15-16H,19H2,1-2H3/t15-,16-/m0/s1. The first kappa shape index (κ1) is 14.1. The Morgan fingerprint density at radius 1 is 1.10 bits per heavy atom. The lowest BCUT2D eigenvalue weighted by Crippen LogP contribution is -2.63. The Morgan fingerprint density at radius 3 is 2.52 bits per heavy atom. The first-order chi connectivity index (χ1) is 9.99. The molecule has 1 fully saturated rings. The van der Waals surface area contributed by atoms with Gasteiger partial charge in [-0.2, -0.15) is 0 Å². The van der Waals surface area contributed by atoms with Crippen LogP contribution < -0.4 is 10.6 Å². The number of rotatable bonds is 2. The van der Waals surface area contributed by atoms with Crippen LogP contribution in [-0.2, 0) is 4.79 Å². The van der Waals surface area contributed by atoms with Gasteiger partial charge in [0.2, 0.25) is 5.91 Å². The maximum absolute atomic E-state index is 12.2. The molecule has 108 valence electrons. The number of β-lactam (4-membered cyclic amide) rings is 1. The average Bonchev–Trinajstić information content (AvgIpc) is 2.46. The van der Waals surface area contributed by atoms with E-state index in [0.29, 0.717) is 5.02 Å². The zero-order chi connectivity index (χ0) is 15.1. The molecule has 0 unspecified atom stereocenters. The number of halogens is 1. The Bertz CT molecular complexity index is 714. The van der Waals surface area contributed by atoms with Crippen molar-refractivity contribution < 1.29 is 4.79 Å². The van der Waals surface area contributed by atoms with Crippen LogP contribution in [0.5, 0.6) is 0 Å². The highest BCUT2D eigenvalue weighted by Crippen LogP contribution is 2.39. The second-order valence-electron chi connectivity index (χ2n) is 5.50. The number of amides is 1. The first-order valence-corrected chi connectivity index (χ1v) is 7.28. The molecule has 0 saturated carbocycles. The van der Waals surface area contributed by atoms with Crippen molar-refractivity contribution >= 4 is 23.2 Å². The normalized spacial score (nSPS) is 21.3. The van der Waals surface area contributed by atoms with Crippen LogP contribution in [0.3, 0.4) is 0 Å². The minimum Gasteiger partial charge on any atom is -0.318 e. The molecule has 2 atom stereocenters. The van der Waals surface area contributed by atoms with Crippen LogP contribution in [0.15, 0.2) is 42.5 Å². The molecule has 2 aromatic carbocycles. The quantitative estimate of drug-likeness (QED) is 0.864. The third kappa shape index (κ3) is 2.33.